The number of benzene rings is 1. The third kappa shape index (κ3) is 3.24. The van der Waals surface area contributed by atoms with Crippen molar-refractivity contribution >= 4 is 11.6 Å². The maximum atomic E-state index is 10.5. The van der Waals surface area contributed by atoms with Crippen LogP contribution in [0, 0.1) is 10.1 Å². The maximum absolute atomic E-state index is 10.5. The minimum absolute atomic E-state index is 0.466. The normalized spacial score (nSPS) is 16.7. The Morgan fingerprint density at radius 1 is 1.56 bits per heavy atom. The zero-order valence-electron chi connectivity index (χ0n) is 9.54. The van der Waals surface area contributed by atoms with Crippen LogP contribution < -0.4 is 5.32 Å². The highest BCUT2D eigenvalue weighted by Crippen LogP contribution is 2.16. The van der Waals surface area contributed by atoms with Crippen molar-refractivity contribution in [1.29, 1.82) is 0 Å². The molecule has 0 aromatic heterocycles. The van der Waals surface area contributed by atoms with Gasteiger partial charge in [0, 0.05) is 24.3 Å². The van der Waals surface area contributed by atoms with Crippen LogP contribution in [0.15, 0.2) is 48.6 Å². The van der Waals surface area contributed by atoms with Gasteiger partial charge in [-0.05, 0) is 23.8 Å². The average molecular weight is 266 g/mol. The first-order chi connectivity index (χ1) is 8.65. The molecule has 18 heavy (non-hydrogen) atoms. The predicted molar refractivity (Wildman–Crippen MR) is 69.2 cm³/mol. The van der Waals surface area contributed by atoms with Gasteiger partial charge >= 0.3 is 0 Å². The van der Waals surface area contributed by atoms with Gasteiger partial charge in [0.1, 0.15) is 0 Å². The number of nitrogens with zero attached hydrogens (tertiary/aromatic N) is 2. The molecule has 0 atom stereocenters. The summed E-state index contributed by atoms with van der Waals surface area (Å²) in [6, 6.07) is 7.42. The van der Waals surface area contributed by atoms with E-state index in [1.807, 2.05) is 30.5 Å². The summed E-state index contributed by atoms with van der Waals surface area (Å²) in [7, 11) is 0. The van der Waals surface area contributed by atoms with Crippen molar-refractivity contribution in [3.05, 3.63) is 69.3 Å². The molecule has 1 N–H and O–H groups in total. The van der Waals surface area contributed by atoms with Crippen LogP contribution in [0.2, 0.25) is 5.02 Å². The van der Waals surface area contributed by atoms with Crippen LogP contribution in [0.1, 0.15) is 5.56 Å². The van der Waals surface area contributed by atoms with E-state index in [-0.39, 0.29) is 0 Å². The zero-order chi connectivity index (χ0) is 13.0. The summed E-state index contributed by atoms with van der Waals surface area (Å²) in [6.07, 6.45) is 4.70. The van der Waals surface area contributed by atoms with Crippen molar-refractivity contribution in [2.24, 2.45) is 0 Å². The van der Waals surface area contributed by atoms with E-state index >= 15 is 0 Å². The lowest BCUT2D eigenvalue weighted by atomic mass is 10.2. The van der Waals surface area contributed by atoms with Crippen molar-refractivity contribution in [1.82, 2.24) is 10.2 Å². The third-order valence-corrected chi connectivity index (χ3v) is 2.70. The molecule has 0 unspecified atom stereocenters. The summed E-state index contributed by atoms with van der Waals surface area (Å²) < 4.78 is 0. The maximum Gasteiger partial charge on any atom is 0.274 e. The lowest BCUT2D eigenvalue weighted by Gasteiger charge is -2.25. The van der Waals surface area contributed by atoms with E-state index in [4.69, 9.17) is 11.6 Å². The fourth-order valence-corrected chi connectivity index (χ4v) is 1.93. The number of nitro groups is 1. The smallest absolute Gasteiger partial charge is 0.274 e. The van der Waals surface area contributed by atoms with Gasteiger partial charge in [-0.2, -0.15) is 0 Å². The number of rotatable bonds is 3. The van der Waals surface area contributed by atoms with Gasteiger partial charge in [0.2, 0.25) is 0 Å². The first-order valence-electron chi connectivity index (χ1n) is 5.42. The summed E-state index contributed by atoms with van der Waals surface area (Å²) in [4.78, 5) is 11.8. The fourth-order valence-electron chi connectivity index (χ4n) is 1.71. The van der Waals surface area contributed by atoms with Gasteiger partial charge in [-0.3, -0.25) is 10.1 Å². The Kier molecular flexibility index (Phi) is 3.84. The van der Waals surface area contributed by atoms with E-state index in [2.05, 4.69) is 5.32 Å². The van der Waals surface area contributed by atoms with Gasteiger partial charge in [-0.25, -0.2) is 0 Å². The summed E-state index contributed by atoms with van der Waals surface area (Å²) >= 11 is 5.91. The molecule has 0 radical (unpaired) electrons. The molecule has 1 aromatic rings. The highest BCUT2D eigenvalue weighted by atomic mass is 35.5. The van der Waals surface area contributed by atoms with Crippen LogP contribution in [-0.4, -0.2) is 16.4 Å². The second-order valence-corrected chi connectivity index (χ2v) is 4.26. The highest BCUT2D eigenvalue weighted by molar-refractivity contribution is 6.30. The molecule has 2 rings (SSSR count). The molecule has 0 saturated heterocycles. The predicted octanol–water partition coefficient (Wildman–Crippen LogP) is 2.33. The Bertz CT molecular complexity index is 514. The third-order valence-electron chi connectivity index (χ3n) is 2.47. The molecule has 1 aromatic carbocycles. The molecule has 5 nitrogen and oxygen atoms in total. The van der Waals surface area contributed by atoms with Crippen LogP contribution in [0.3, 0.4) is 0 Å². The molecule has 0 saturated carbocycles. The Balaban J connectivity index is 2.18. The topological polar surface area (TPSA) is 58.4 Å². The van der Waals surface area contributed by atoms with Crippen LogP contribution in [0.4, 0.5) is 0 Å². The van der Waals surface area contributed by atoms with E-state index in [1.165, 1.54) is 0 Å². The monoisotopic (exact) mass is 265 g/mol. The molecule has 94 valence electrons. The molecule has 0 fully saturated rings. The average Bonchev–Trinajstić information content (AvgIpc) is 2.31. The van der Waals surface area contributed by atoms with Crippen LogP contribution in [0.25, 0.3) is 0 Å². The standard InChI is InChI=1S/C12H12ClN3O2/c13-11-4-1-3-10(7-11)8-15-6-2-5-14-12(15)9-16(17)18/h1-4,6-7,9,14H,5,8H2. The molecular formula is C12H12ClN3O2. The van der Waals surface area contributed by atoms with Crippen LogP contribution >= 0.6 is 11.6 Å². The van der Waals surface area contributed by atoms with Gasteiger partial charge < -0.3 is 10.2 Å². The molecule has 6 heteroatoms. The fraction of sp³-hybridized carbons (Fsp3) is 0.167. The molecule has 1 heterocycles. The lowest BCUT2D eigenvalue weighted by molar-refractivity contribution is -0.404. The van der Waals surface area contributed by atoms with Crippen LogP contribution in [0.5, 0.6) is 0 Å². The summed E-state index contributed by atoms with van der Waals surface area (Å²) in [5.74, 6) is 0.475. The lowest BCUT2D eigenvalue weighted by Crippen LogP contribution is -2.32. The number of halogens is 1. The van der Waals surface area contributed by atoms with E-state index < -0.39 is 4.92 Å². The number of hydrogen-bond acceptors (Lipinski definition) is 4. The molecule has 0 bridgehead atoms. The molecule has 1 aliphatic rings. The van der Waals surface area contributed by atoms with Crippen molar-refractivity contribution in [2.75, 3.05) is 6.54 Å². The summed E-state index contributed by atoms with van der Waals surface area (Å²) in [5.41, 5.74) is 0.991. The molecular weight excluding hydrogens is 254 g/mol. The molecule has 0 spiro atoms. The SMILES string of the molecule is O=[N+]([O-])C=C1NCC=CN1Cc1cccc(Cl)c1. The van der Waals surface area contributed by atoms with Gasteiger partial charge in [-0.1, -0.05) is 23.7 Å². The Hall–Kier alpha value is -2.01. The highest BCUT2D eigenvalue weighted by Gasteiger charge is 2.14. The summed E-state index contributed by atoms with van der Waals surface area (Å²) in [5, 5.41) is 14.2. The zero-order valence-corrected chi connectivity index (χ0v) is 10.3. The van der Waals surface area contributed by atoms with Crippen molar-refractivity contribution in [2.45, 2.75) is 6.54 Å². The molecule has 1 aliphatic heterocycles. The number of hydrogen-bond donors (Lipinski definition) is 1. The minimum atomic E-state index is -0.466. The van der Waals surface area contributed by atoms with Crippen molar-refractivity contribution in [3.8, 4) is 0 Å². The van der Waals surface area contributed by atoms with E-state index in [0.29, 0.717) is 23.9 Å². The Morgan fingerprint density at radius 2 is 2.39 bits per heavy atom. The minimum Gasteiger partial charge on any atom is -0.363 e. The number of nitrogens with one attached hydrogen (secondary N) is 1. The van der Waals surface area contributed by atoms with Crippen molar-refractivity contribution < 1.29 is 4.92 Å². The van der Waals surface area contributed by atoms with Crippen molar-refractivity contribution in [3.63, 3.8) is 0 Å². The Labute approximate surface area is 110 Å². The molecule has 0 aliphatic carbocycles. The first-order valence-corrected chi connectivity index (χ1v) is 5.80. The van der Waals surface area contributed by atoms with Gasteiger partial charge in [0.25, 0.3) is 6.20 Å². The van der Waals surface area contributed by atoms with E-state index in [9.17, 15) is 10.1 Å². The summed E-state index contributed by atoms with van der Waals surface area (Å²) in [6.45, 7) is 1.12. The van der Waals surface area contributed by atoms with E-state index in [1.54, 1.807) is 11.0 Å². The first kappa shape index (κ1) is 12.4. The van der Waals surface area contributed by atoms with Crippen LogP contribution in [-0.2, 0) is 6.54 Å². The second-order valence-electron chi connectivity index (χ2n) is 3.82. The second kappa shape index (κ2) is 5.55. The van der Waals surface area contributed by atoms with E-state index in [0.717, 1.165) is 11.8 Å². The van der Waals surface area contributed by atoms with Gasteiger partial charge in [0.05, 0.1) is 4.92 Å². The van der Waals surface area contributed by atoms with Gasteiger partial charge in [-0.15, -0.1) is 0 Å². The largest absolute Gasteiger partial charge is 0.363 e. The quantitative estimate of drug-likeness (QED) is 0.673. The molecule has 0 amide bonds. The van der Waals surface area contributed by atoms with Gasteiger partial charge in [0.15, 0.2) is 5.82 Å². The Morgan fingerprint density at radius 3 is 3.11 bits per heavy atom.